The molecule has 0 fully saturated rings. The van der Waals surface area contributed by atoms with E-state index in [1.165, 1.54) is 6.20 Å². The summed E-state index contributed by atoms with van der Waals surface area (Å²) >= 11 is 6.61. The van der Waals surface area contributed by atoms with E-state index in [0.717, 1.165) is 44.7 Å². The highest BCUT2D eigenvalue weighted by atomic mass is 35.5. The van der Waals surface area contributed by atoms with E-state index >= 15 is 0 Å². The van der Waals surface area contributed by atoms with Gasteiger partial charge in [-0.15, -0.1) is 0 Å². The number of nitriles is 1. The Morgan fingerprint density at radius 1 is 1.05 bits per heavy atom. The number of carbonyl (C=O) groups excluding carboxylic acids is 1. The number of hydrogen-bond donors (Lipinski definition) is 1. The van der Waals surface area contributed by atoms with Gasteiger partial charge in [0.25, 0.3) is 5.91 Å². The Morgan fingerprint density at radius 3 is 2.53 bits per heavy atom. The normalized spacial score (nSPS) is 11.2. The van der Waals surface area contributed by atoms with E-state index in [1.807, 2.05) is 62.6 Å². The van der Waals surface area contributed by atoms with Crippen molar-refractivity contribution in [3.05, 3.63) is 107 Å². The highest BCUT2D eigenvalue weighted by molar-refractivity contribution is 6.32. The maximum atomic E-state index is 13.1. The van der Waals surface area contributed by atoms with Crippen LogP contribution in [0.4, 0.5) is 11.5 Å². The van der Waals surface area contributed by atoms with Crippen LogP contribution in [0.5, 0.6) is 5.75 Å². The van der Waals surface area contributed by atoms with Gasteiger partial charge in [-0.1, -0.05) is 23.7 Å². The Morgan fingerprint density at radius 2 is 1.81 bits per heavy atom. The third-order valence-corrected chi connectivity index (χ3v) is 7.82. The van der Waals surface area contributed by atoms with Gasteiger partial charge in [0.05, 0.1) is 24.1 Å². The van der Waals surface area contributed by atoms with Crippen LogP contribution in [0.3, 0.4) is 0 Å². The molecule has 43 heavy (non-hydrogen) atoms. The summed E-state index contributed by atoms with van der Waals surface area (Å²) in [5, 5.41) is 13.8. The second kappa shape index (κ2) is 12.1. The summed E-state index contributed by atoms with van der Waals surface area (Å²) in [7, 11) is 3.65. The van der Waals surface area contributed by atoms with E-state index in [2.05, 4.69) is 26.3 Å². The third-order valence-electron chi connectivity index (χ3n) is 7.43. The first-order valence-corrected chi connectivity index (χ1v) is 14.1. The average molecular weight is 591 g/mol. The zero-order chi connectivity index (χ0) is 30.7. The molecule has 9 heteroatoms. The summed E-state index contributed by atoms with van der Waals surface area (Å²) in [6.07, 6.45) is 5.15. The van der Waals surface area contributed by atoms with Crippen LogP contribution in [0.25, 0.3) is 22.0 Å². The standard InChI is InChI=1S/C34H31ClN6O2/c1-21-28(14-26(15-29(21)35)40-33(42)31-13-25(10-11-37-31)34(2,3)20-36)23-12-24-18-39-32(16-30(24)38-17-23)41(4)19-22-6-8-27(43-5)9-7-22/h6-18H,19H2,1-5H3,(H,40,42). The van der Waals surface area contributed by atoms with Crippen LogP contribution in [0.2, 0.25) is 5.02 Å². The number of rotatable bonds is 8. The van der Waals surface area contributed by atoms with Crippen molar-refractivity contribution >= 4 is 39.9 Å². The molecule has 1 N–H and O–H groups in total. The van der Waals surface area contributed by atoms with Gasteiger partial charge in [-0.25, -0.2) is 4.98 Å². The van der Waals surface area contributed by atoms with Crippen LogP contribution >= 0.6 is 11.6 Å². The van der Waals surface area contributed by atoms with Crippen molar-refractivity contribution in [2.75, 3.05) is 24.4 Å². The Balaban J connectivity index is 1.38. The van der Waals surface area contributed by atoms with Crippen LogP contribution in [-0.2, 0) is 12.0 Å². The fourth-order valence-corrected chi connectivity index (χ4v) is 4.93. The first-order chi connectivity index (χ1) is 20.6. The van der Waals surface area contributed by atoms with E-state index in [4.69, 9.17) is 21.3 Å². The van der Waals surface area contributed by atoms with Gasteiger partial charge in [0.1, 0.15) is 17.3 Å². The molecule has 3 heterocycles. The van der Waals surface area contributed by atoms with Crippen LogP contribution in [-0.4, -0.2) is 35.0 Å². The maximum Gasteiger partial charge on any atom is 0.274 e. The van der Waals surface area contributed by atoms with Crippen LogP contribution in [0.1, 0.15) is 41.0 Å². The third kappa shape index (κ3) is 6.42. The number of nitrogens with zero attached hydrogens (tertiary/aromatic N) is 5. The minimum atomic E-state index is -0.747. The Kier molecular flexibility index (Phi) is 8.29. The number of fused-ring (bicyclic) bond motifs is 1. The highest BCUT2D eigenvalue weighted by Gasteiger charge is 2.22. The molecule has 0 radical (unpaired) electrons. The van der Waals surface area contributed by atoms with Gasteiger partial charge in [-0.3, -0.25) is 14.8 Å². The van der Waals surface area contributed by atoms with Gasteiger partial charge in [-0.05, 0) is 85.5 Å². The van der Waals surface area contributed by atoms with E-state index in [-0.39, 0.29) is 5.69 Å². The number of carbonyl (C=O) groups is 1. The lowest BCUT2D eigenvalue weighted by atomic mass is 9.86. The maximum absolute atomic E-state index is 13.1. The molecular weight excluding hydrogens is 560 g/mol. The van der Waals surface area contributed by atoms with Crippen LogP contribution in [0, 0.1) is 18.3 Å². The second-order valence-corrected chi connectivity index (χ2v) is 11.3. The molecule has 0 saturated heterocycles. The van der Waals surface area contributed by atoms with E-state index in [0.29, 0.717) is 22.8 Å². The topological polar surface area (TPSA) is 104 Å². The number of amides is 1. The number of ether oxygens (including phenoxy) is 1. The fourth-order valence-electron chi connectivity index (χ4n) is 4.71. The second-order valence-electron chi connectivity index (χ2n) is 10.9. The zero-order valence-electron chi connectivity index (χ0n) is 24.6. The number of pyridine rings is 3. The molecule has 0 bridgehead atoms. The quantitative estimate of drug-likeness (QED) is 0.201. The van der Waals surface area contributed by atoms with Crippen molar-refractivity contribution in [3.8, 4) is 22.9 Å². The number of hydrogen-bond acceptors (Lipinski definition) is 7. The average Bonchev–Trinajstić information content (AvgIpc) is 3.02. The number of aromatic nitrogens is 3. The van der Waals surface area contributed by atoms with E-state index < -0.39 is 11.3 Å². The summed E-state index contributed by atoms with van der Waals surface area (Å²) in [6, 6.07) is 21.2. The molecule has 0 spiro atoms. The minimum absolute atomic E-state index is 0.213. The predicted octanol–water partition coefficient (Wildman–Crippen LogP) is 7.35. The number of benzene rings is 2. The largest absolute Gasteiger partial charge is 0.497 e. The molecule has 216 valence electrons. The van der Waals surface area contributed by atoms with Gasteiger partial charge in [0.2, 0.25) is 0 Å². The lowest BCUT2D eigenvalue weighted by Gasteiger charge is -2.19. The smallest absolute Gasteiger partial charge is 0.274 e. The molecule has 0 saturated carbocycles. The molecule has 0 unspecified atom stereocenters. The van der Waals surface area contributed by atoms with Gasteiger partial charge in [0.15, 0.2) is 0 Å². The first kappa shape index (κ1) is 29.5. The summed E-state index contributed by atoms with van der Waals surface area (Å²) in [6.45, 7) is 6.21. The summed E-state index contributed by atoms with van der Waals surface area (Å²) in [5.74, 6) is 1.24. The number of anilines is 2. The predicted molar refractivity (Wildman–Crippen MR) is 171 cm³/mol. The van der Waals surface area contributed by atoms with Crippen molar-refractivity contribution in [1.82, 2.24) is 15.0 Å². The van der Waals surface area contributed by atoms with Gasteiger partial charge < -0.3 is 15.0 Å². The molecule has 8 nitrogen and oxygen atoms in total. The Labute approximate surface area is 256 Å². The Bertz CT molecular complexity index is 1860. The molecule has 3 aromatic heterocycles. The van der Waals surface area contributed by atoms with Crippen LogP contribution in [0.15, 0.2) is 79.3 Å². The van der Waals surface area contributed by atoms with Gasteiger partial charge >= 0.3 is 0 Å². The fraction of sp³-hybridized carbons (Fsp3) is 0.206. The molecule has 0 aliphatic rings. The molecule has 0 atom stereocenters. The monoisotopic (exact) mass is 590 g/mol. The summed E-state index contributed by atoms with van der Waals surface area (Å²) in [4.78, 5) is 28.8. The van der Waals surface area contributed by atoms with E-state index in [1.54, 1.807) is 45.4 Å². The lowest BCUT2D eigenvalue weighted by Crippen LogP contribution is -2.18. The van der Waals surface area contributed by atoms with Gasteiger partial charge in [0, 0.05) is 59.9 Å². The highest BCUT2D eigenvalue weighted by Crippen LogP contribution is 2.34. The summed E-state index contributed by atoms with van der Waals surface area (Å²) in [5.41, 5.74) is 5.20. The van der Waals surface area contributed by atoms with Crippen molar-refractivity contribution < 1.29 is 9.53 Å². The molecule has 2 aromatic carbocycles. The Hall–Kier alpha value is -5.00. The number of methoxy groups -OCH3 is 1. The molecule has 0 aliphatic carbocycles. The van der Waals surface area contributed by atoms with Crippen molar-refractivity contribution in [3.63, 3.8) is 0 Å². The van der Waals surface area contributed by atoms with Crippen molar-refractivity contribution in [2.45, 2.75) is 32.7 Å². The molecular formula is C34H31ClN6O2. The first-order valence-electron chi connectivity index (χ1n) is 13.7. The summed E-state index contributed by atoms with van der Waals surface area (Å²) < 4.78 is 5.25. The molecule has 0 aliphatic heterocycles. The SMILES string of the molecule is COc1ccc(CN(C)c2cc3ncc(-c4cc(NC(=O)c5cc(C(C)(C)C#N)ccn5)cc(Cl)c4C)cc3cn2)cc1. The number of halogens is 1. The zero-order valence-corrected chi connectivity index (χ0v) is 25.4. The van der Waals surface area contributed by atoms with E-state index in [9.17, 15) is 10.1 Å². The molecule has 5 rings (SSSR count). The molecule has 1 amide bonds. The minimum Gasteiger partial charge on any atom is -0.497 e. The van der Waals surface area contributed by atoms with Gasteiger partial charge in [-0.2, -0.15) is 5.26 Å². The number of nitrogens with one attached hydrogen (secondary N) is 1. The van der Waals surface area contributed by atoms with Crippen molar-refractivity contribution in [1.29, 1.82) is 5.26 Å². The lowest BCUT2D eigenvalue weighted by molar-refractivity contribution is 0.102. The molecule has 5 aromatic rings. The van der Waals surface area contributed by atoms with Crippen LogP contribution < -0.4 is 15.0 Å². The van der Waals surface area contributed by atoms with Crippen molar-refractivity contribution in [2.24, 2.45) is 0 Å².